The molecule has 24 heavy (non-hydrogen) atoms. The van der Waals surface area contributed by atoms with Crippen LogP contribution in [0, 0.1) is 17.1 Å². The molecule has 1 fully saturated rings. The highest BCUT2D eigenvalue weighted by Crippen LogP contribution is 2.25. The van der Waals surface area contributed by atoms with E-state index in [1.54, 1.807) is 24.3 Å². The van der Waals surface area contributed by atoms with Gasteiger partial charge in [-0.05, 0) is 36.4 Å². The highest BCUT2D eigenvalue weighted by Gasteiger charge is 2.21. The minimum absolute atomic E-state index is 0.0942. The molecule has 0 bridgehead atoms. The summed E-state index contributed by atoms with van der Waals surface area (Å²) in [5.74, 6) is -0.930. The topological polar surface area (TPSA) is 73.4 Å². The molecule has 1 saturated heterocycles. The van der Waals surface area contributed by atoms with Gasteiger partial charge >= 0.3 is 0 Å². The maximum atomic E-state index is 13.8. The van der Waals surface area contributed by atoms with Gasteiger partial charge in [0.1, 0.15) is 17.4 Å². The molecule has 2 aromatic carbocycles. The number of nitrogens with zero attached hydrogens (tertiary/aromatic N) is 3. The van der Waals surface area contributed by atoms with Crippen molar-refractivity contribution in [2.24, 2.45) is 5.73 Å². The van der Waals surface area contributed by atoms with E-state index in [0.717, 1.165) is 18.8 Å². The number of halogens is 1. The van der Waals surface area contributed by atoms with Gasteiger partial charge in [0.05, 0.1) is 5.69 Å². The Morgan fingerprint density at radius 3 is 2.25 bits per heavy atom. The molecule has 2 N–H and O–H groups in total. The molecule has 1 aliphatic heterocycles. The van der Waals surface area contributed by atoms with E-state index in [4.69, 9.17) is 11.0 Å². The minimum Gasteiger partial charge on any atom is -0.368 e. The van der Waals surface area contributed by atoms with Crippen molar-refractivity contribution in [3.05, 3.63) is 59.4 Å². The third-order valence-electron chi connectivity index (χ3n) is 4.24. The van der Waals surface area contributed by atoms with Gasteiger partial charge in [0.15, 0.2) is 0 Å². The summed E-state index contributed by atoms with van der Waals surface area (Å²) in [6, 6.07) is 13.8. The zero-order valence-corrected chi connectivity index (χ0v) is 13.1. The molecule has 1 amide bonds. The Labute approximate surface area is 139 Å². The summed E-state index contributed by atoms with van der Waals surface area (Å²) in [4.78, 5) is 15.3. The quantitative estimate of drug-likeness (QED) is 0.938. The van der Waals surface area contributed by atoms with Gasteiger partial charge in [-0.2, -0.15) is 5.26 Å². The van der Waals surface area contributed by atoms with Crippen molar-refractivity contribution < 1.29 is 9.18 Å². The molecule has 0 saturated carbocycles. The van der Waals surface area contributed by atoms with Crippen LogP contribution in [0.4, 0.5) is 15.8 Å². The Hall–Kier alpha value is -3.07. The van der Waals surface area contributed by atoms with Gasteiger partial charge in [-0.1, -0.05) is 6.07 Å². The summed E-state index contributed by atoms with van der Waals surface area (Å²) < 4.78 is 13.8. The summed E-state index contributed by atoms with van der Waals surface area (Å²) in [5, 5.41) is 9.17. The summed E-state index contributed by atoms with van der Waals surface area (Å²) in [6.45, 7) is 2.88. The summed E-state index contributed by atoms with van der Waals surface area (Å²) in [7, 11) is 0. The molecule has 0 atom stereocenters. The zero-order chi connectivity index (χ0) is 17.1. The number of amides is 1. The third kappa shape index (κ3) is 3.01. The van der Waals surface area contributed by atoms with E-state index >= 15 is 0 Å². The van der Waals surface area contributed by atoms with E-state index in [1.807, 2.05) is 23.1 Å². The first kappa shape index (κ1) is 15.8. The first-order valence-corrected chi connectivity index (χ1v) is 7.68. The SMILES string of the molecule is N#Cc1c(F)cccc1N1CCN(c2ccc(C(N)=O)cc2)CC1. The molecule has 122 valence electrons. The second-order valence-electron chi connectivity index (χ2n) is 5.63. The predicted molar refractivity (Wildman–Crippen MR) is 90.5 cm³/mol. The lowest BCUT2D eigenvalue weighted by atomic mass is 10.1. The number of nitrogens with two attached hydrogens (primary N) is 1. The fourth-order valence-electron chi connectivity index (χ4n) is 2.93. The zero-order valence-electron chi connectivity index (χ0n) is 13.1. The molecule has 3 rings (SSSR count). The van der Waals surface area contributed by atoms with Crippen LogP contribution in [0.5, 0.6) is 0 Å². The van der Waals surface area contributed by atoms with Crippen LogP contribution in [0.3, 0.4) is 0 Å². The lowest BCUT2D eigenvalue weighted by Gasteiger charge is -2.37. The number of primary amides is 1. The molecule has 6 heteroatoms. The van der Waals surface area contributed by atoms with Crippen molar-refractivity contribution in [1.29, 1.82) is 5.26 Å². The van der Waals surface area contributed by atoms with E-state index < -0.39 is 11.7 Å². The van der Waals surface area contributed by atoms with Crippen LogP contribution in [0.25, 0.3) is 0 Å². The second-order valence-corrected chi connectivity index (χ2v) is 5.63. The van der Waals surface area contributed by atoms with Gasteiger partial charge in [-0.25, -0.2) is 4.39 Å². The van der Waals surface area contributed by atoms with Crippen LogP contribution < -0.4 is 15.5 Å². The van der Waals surface area contributed by atoms with E-state index in [0.29, 0.717) is 24.3 Å². The van der Waals surface area contributed by atoms with Crippen molar-refractivity contribution in [2.45, 2.75) is 0 Å². The maximum Gasteiger partial charge on any atom is 0.248 e. The van der Waals surface area contributed by atoms with Crippen molar-refractivity contribution in [1.82, 2.24) is 0 Å². The van der Waals surface area contributed by atoms with Crippen molar-refractivity contribution in [2.75, 3.05) is 36.0 Å². The fourth-order valence-corrected chi connectivity index (χ4v) is 2.93. The summed E-state index contributed by atoms with van der Waals surface area (Å²) in [6.07, 6.45) is 0. The minimum atomic E-state index is -0.487. The lowest BCUT2D eigenvalue weighted by Crippen LogP contribution is -2.46. The molecular weight excluding hydrogens is 307 g/mol. The molecular formula is C18H17FN4O. The Morgan fingerprint density at radius 1 is 1.04 bits per heavy atom. The molecule has 0 spiro atoms. The maximum absolute atomic E-state index is 13.8. The number of carbonyl (C=O) groups excluding carboxylic acids is 1. The molecule has 0 aromatic heterocycles. The molecule has 5 nitrogen and oxygen atoms in total. The number of piperazine rings is 1. The van der Waals surface area contributed by atoms with Crippen molar-refractivity contribution in [3.8, 4) is 6.07 Å². The van der Waals surface area contributed by atoms with Crippen LogP contribution >= 0.6 is 0 Å². The Kier molecular flexibility index (Phi) is 4.34. The molecule has 1 aliphatic rings. The van der Waals surface area contributed by atoms with Crippen LogP contribution in [-0.2, 0) is 0 Å². The summed E-state index contributed by atoms with van der Waals surface area (Å²) in [5.41, 5.74) is 7.48. The Balaban J connectivity index is 1.71. The first-order chi connectivity index (χ1) is 11.6. The van der Waals surface area contributed by atoms with Gasteiger partial charge in [-0.15, -0.1) is 0 Å². The Morgan fingerprint density at radius 2 is 1.67 bits per heavy atom. The number of nitriles is 1. The largest absolute Gasteiger partial charge is 0.368 e. The number of hydrogen-bond donors (Lipinski definition) is 1. The monoisotopic (exact) mass is 324 g/mol. The number of hydrogen-bond acceptors (Lipinski definition) is 4. The molecule has 2 aromatic rings. The van der Waals surface area contributed by atoms with E-state index in [9.17, 15) is 9.18 Å². The fraction of sp³-hybridized carbons (Fsp3) is 0.222. The van der Waals surface area contributed by atoms with Crippen molar-refractivity contribution >= 4 is 17.3 Å². The van der Waals surface area contributed by atoms with Gasteiger partial charge < -0.3 is 15.5 Å². The molecule has 0 unspecified atom stereocenters. The van der Waals surface area contributed by atoms with Gasteiger partial charge in [0.2, 0.25) is 5.91 Å². The van der Waals surface area contributed by atoms with Gasteiger partial charge in [-0.3, -0.25) is 4.79 Å². The molecule has 1 heterocycles. The van der Waals surface area contributed by atoms with Gasteiger partial charge in [0, 0.05) is 37.4 Å². The number of rotatable bonds is 3. The second kappa shape index (κ2) is 6.59. The highest BCUT2D eigenvalue weighted by atomic mass is 19.1. The molecule has 0 aliphatic carbocycles. The average molecular weight is 324 g/mol. The van der Waals surface area contributed by atoms with Crippen molar-refractivity contribution in [3.63, 3.8) is 0 Å². The predicted octanol–water partition coefficient (Wildman–Crippen LogP) is 2.12. The molecule has 0 radical (unpaired) electrons. The van der Waals surface area contributed by atoms with Crippen LogP contribution in [-0.4, -0.2) is 32.1 Å². The Bertz CT molecular complexity index is 790. The van der Waals surface area contributed by atoms with E-state index in [2.05, 4.69) is 4.90 Å². The highest BCUT2D eigenvalue weighted by molar-refractivity contribution is 5.93. The van der Waals surface area contributed by atoms with Crippen LogP contribution in [0.2, 0.25) is 0 Å². The third-order valence-corrected chi connectivity index (χ3v) is 4.24. The number of carbonyl (C=O) groups is 1. The number of benzene rings is 2. The van der Waals surface area contributed by atoms with Crippen LogP contribution in [0.1, 0.15) is 15.9 Å². The van der Waals surface area contributed by atoms with E-state index in [1.165, 1.54) is 6.07 Å². The average Bonchev–Trinajstić information content (AvgIpc) is 2.62. The standard InChI is InChI=1S/C18H17FN4O/c19-16-2-1-3-17(15(16)12-20)23-10-8-22(9-11-23)14-6-4-13(5-7-14)18(21)24/h1-7H,8-11H2,(H2,21,24). The van der Waals surface area contributed by atoms with E-state index in [-0.39, 0.29) is 5.56 Å². The van der Waals surface area contributed by atoms with Crippen LogP contribution in [0.15, 0.2) is 42.5 Å². The lowest BCUT2D eigenvalue weighted by molar-refractivity contribution is 0.100. The number of anilines is 2. The normalized spacial score (nSPS) is 14.3. The summed E-state index contributed by atoms with van der Waals surface area (Å²) >= 11 is 0. The smallest absolute Gasteiger partial charge is 0.248 e. The van der Waals surface area contributed by atoms with Gasteiger partial charge in [0.25, 0.3) is 0 Å². The first-order valence-electron chi connectivity index (χ1n) is 7.68.